The van der Waals surface area contributed by atoms with E-state index in [4.69, 9.17) is 4.74 Å². The van der Waals surface area contributed by atoms with Crippen molar-refractivity contribution in [1.82, 2.24) is 19.7 Å². The molecule has 3 aromatic heterocycles. The van der Waals surface area contributed by atoms with Crippen LogP contribution < -0.4 is 5.32 Å². The fourth-order valence-corrected chi connectivity index (χ4v) is 4.77. The zero-order chi connectivity index (χ0) is 21.7. The first kappa shape index (κ1) is 22.0. The fourth-order valence-electron chi connectivity index (χ4n) is 2.91. The van der Waals surface area contributed by atoms with Crippen LogP contribution in [-0.2, 0) is 23.0 Å². The van der Waals surface area contributed by atoms with Crippen molar-refractivity contribution in [2.24, 2.45) is 7.05 Å². The number of thioether (sulfide) groups is 1. The van der Waals surface area contributed by atoms with E-state index in [1.807, 2.05) is 37.6 Å². The molecule has 1 N–H and O–H groups in total. The Labute approximate surface area is 183 Å². The number of hydrogen-bond acceptors (Lipinski definition) is 8. The standard InChI is InChI=1S/C20H23N5O3S2/c1-5-14-12(3)16(19(27)28-6-2)18(30-14)22-15(26)11-29-20-24-23-17(25(20)4)13-8-7-9-21-10-13/h7-10H,5-6,11H2,1-4H3,(H,22,26). The molecule has 0 bridgehead atoms. The van der Waals surface area contributed by atoms with Gasteiger partial charge < -0.3 is 14.6 Å². The molecule has 0 spiro atoms. The predicted octanol–water partition coefficient (Wildman–Crippen LogP) is 3.72. The Kier molecular flexibility index (Phi) is 7.22. The zero-order valence-electron chi connectivity index (χ0n) is 17.3. The number of rotatable bonds is 8. The van der Waals surface area contributed by atoms with Gasteiger partial charge in [-0.2, -0.15) is 0 Å². The lowest BCUT2D eigenvalue weighted by Crippen LogP contribution is -2.16. The maximum absolute atomic E-state index is 12.6. The quantitative estimate of drug-likeness (QED) is 0.417. The number of nitrogens with one attached hydrogen (secondary N) is 1. The Hall–Kier alpha value is -2.72. The maximum atomic E-state index is 12.6. The molecule has 158 valence electrons. The Bertz CT molecular complexity index is 1050. The molecule has 10 heteroatoms. The smallest absolute Gasteiger partial charge is 0.341 e. The van der Waals surface area contributed by atoms with Crippen LogP contribution in [0.3, 0.4) is 0 Å². The third-order valence-corrected chi connectivity index (χ3v) is 6.76. The molecule has 3 rings (SSSR count). The Morgan fingerprint density at radius 1 is 1.30 bits per heavy atom. The van der Waals surface area contributed by atoms with E-state index < -0.39 is 5.97 Å². The van der Waals surface area contributed by atoms with Gasteiger partial charge in [-0.1, -0.05) is 18.7 Å². The minimum atomic E-state index is -0.414. The van der Waals surface area contributed by atoms with Crippen molar-refractivity contribution in [2.75, 3.05) is 17.7 Å². The first-order valence-corrected chi connectivity index (χ1v) is 11.3. The van der Waals surface area contributed by atoms with Gasteiger partial charge in [0.25, 0.3) is 0 Å². The average molecular weight is 446 g/mol. The number of anilines is 1. The molecule has 0 aliphatic carbocycles. The molecule has 0 aliphatic heterocycles. The number of esters is 1. The average Bonchev–Trinajstić information content (AvgIpc) is 3.26. The highest BCUT2D eigenvalue weighted by atomic mass is 32.2. The van der Waals surface area contributed by atoms with Gasteiger partial charge in [0.1, 0.15) is 5.00 Å². The molecule has 8 nitrogen and oxygen atoms in total. The summed E-state index contributed by atoms with van der Waals surface area (Å²) in [6, 6.07) is 3.73. The SMILES string of the molecule is CCOC(=O)c1c(NC(=O)CSc2nnc(-c3cccnc3)n2C)sc(CC)c1C. The summed E-state index contributed by atoms with van der Waals surface area (Å²) in [5, 5.41) is 12.4. The summed E-state index contributed by atoms with van der Waals surface area (Å²) in [5.74, 6) is 0.181. The first-order chi connectivity index (χ1) is 14.5. The Balaban J connectivity index is 1.70. The van der Waals surface area contributed by atoms with Crippen LogP contribution in [0.4, 0.5) is 5.00 Å². The molecule has 1 amide bonds. The van der Waals surface area contributed by atoms with Crippen LogP contribution >= 0.6 is 23.1 Å². The summed E-state index contributed by atoms with van der Waals surface area (Å²) in [7, 11) is 1.84. The van der Waals surface area contributed by atoms with Gasteiger partial charge in [0.05, 0.1) is 17.9 Å². The third-order valence-electron chi connectivity index (χ3n) is 4.39. The molecule has 3 aromatic rings. The van der Waals surface area contributed by atoms with E-state index >= 15 is 0 Å². The number of carbonyl (C=O) groups is 2. The summed E-state index contributed by atoms with van der Waals surface area (Å²) in [6.45, 7) is 5.94. The number of nitrogens with zero attached hydrogens (tertiary/aromatic N) is 4. The van der Waals surface area contributed by atoms with Crippen LogP contribution in [0.25, 0.3) is 11.4 Å². The van der Waals surface area contributed by atoms with Crippen molar-refractivity contribution in [3.05, 3.63) is 40.5 Å². The predicted molar refractivity (Wildman–Crippen MR) is 118 cm³/mol. The molecular weight excluding hydrogens is 422 g/mol. The molecule has 0 unspecified atom stereocenters. The summed E-state index contributed by atoms with van der Waals surface area (Å²) in [6.07, 6.45) is 4.19. The van der Waals surface area contributed by atoms with Crippen molar-refractivity contribution in [2.45, 2.75) is 32.3 Å². The second kappa shape index (κ2) is 9.86. The highest BCUT2D eigenvalue weighted by molar-refractivity contribution is 7.99. The van der Waals surface area contributed by atoms with Gasteiger partial charge in [0.2, 0.25) is 5.91 Å². The number of amides is 1. The first-order valence-electron chi connectivity index (χ1n) is 9.48. The molecule has 3 heterocycles. The van der Waals surface area contributed by atoms with Gasteiger partial charge in [-0.3, -0.25) is 9.78 Å². The van der Waals surface area contributed by atoms with Gasteiger partial charge in [-0.15, -0.1) is 21.5 Å². The van der Waals surface area contributed by atoms with E-state index in [0.29, 0.717) is 21.5 Å². The van der Waals surface area contributed by atoms with Crippen molar-refractivity contribution < 1.29 is 14.3 Å². The summed E-state index contributed by atoms with van der Waals surface area (Å²) >= 11 is 2.69. The number of hydrogen-bond donors (Lipinski definition) is 1. The molecule has 0 aromatic carbocycles. The van der Waals surface area contributed by atoms with Gasteiger partial charge in [-0.25, -0.2) is 4.79 Å². The summed E-state index contributed by atoms with van der Waals surface area (Å²) < 4.78 is 6.99. The lowest BCUT2D eigenvalue weighted by atomic mass is 10.1. The van der Waals surface area contributed by atoms with Gasteiger partial charge >= 0.3 is 5.97 Å². The molecule has 0 fully saturated rings. The van der Waals surface area contributed by atoms with Crippen LogP contribution in [0, 0.1) is 6.92 Å². The monoisotopic (exact) mass is 445 g/mol. The maximum Gasteiger partial charge on any atom is 0.341 e. The number of carbonyl (C=O) groups excluding carboxylic acids is 2. The highest BCUT2D eigenvalue weighted by Crippen LogP contribution is 2.34. The number of ether oxygens (including phenoxy) is 1. The van der Waals surface area contributed by atoms with Crippen LogP contribution in [0.15, 0.2) is 29.7 Å². The fraction of sp³-hybridized carbons (Fsp3) is 0.350. The van der Waals surface area contributed by atoms with Gasteiger partial charge in [-0.05, 0) is 38.0 Å². The second-order valence-electron chi connectivity index (χ2n) is 6.37. The van der Waals surface area contributed by atoms with Crippen molar-refractivity contribution in [3.8, 4) is 11.4 Å². The normalized spacial score (nSPS) is 10.8. The Morgan fingerprint density at radius 3 is 2.77 bits per heavy atom. The molecular formula is C20H23N5O3S2. The van der Waals surface area contributed by atoms with E-state index in [9.17, 15) is 9.59 Å². The minimum absolute atomic E-state index is 0.139. The molecule has 30 heavy (non-hydrogen) atoms. The van der Waals surface area contributed by atoms with Crippen LogP contribution in [-0.4, -0.2) is 44.0 Å². The van der Waals surface area contributed by atoms with Crippen molar-refractivity contribution >= 4 is 40.0 Å². The lowest BCUT2D eigenvalue weighted by molar-refractivity contribution is -0.113. The minimum Gasteiger partial charge on any atom is -0.462 e. The molecule has 0 atom stereocenters. The van der Waals surface area contributed by atoms with Crippen LogP contribution in [0.5, 0.6) is 0 Å². The van der Waals surface area contributed by atoms with E-state index in [2.05, 4.69) is 20.5 Å². The van der Waals surface area contributed by atoms with E-state index in [0.717, 1.165) is 22.4 Å². The summed E-state index contributed by atoms with van der Waals surface area (Å²) in [4.78, 5) is 30.1. The molecule has 0 saturated heterocycles. The number of aryl methyl sites for hydroxylation is 1. The van der Waals surface area contributed by atoms with Gasteiger partial charge in [0.15, 0.2) is 11.0 Å². The van der Waals surface area contributed by atoms with E-state index in [1.165, 1.54) is 23.1 Å². The number of thiophene rings is 1. The Morgan fingerprint density at radius 2 is 2.10 bits per heavy atom. The number of pyridine rings is 1. The van der Waals surface area contributed by atoms with Crippen molar-refractivity contribution in [3.63, 3.8) is 0 Å². The number of aromatic nitrogens is 4. The molecule has 0 aliphatic rings. The lowest BCUT2D eigenvalue weighted by Gasteiger charge is -2.07. The largest absolute Gasteiger partial charge is 0.462 e. The molecule has 0 radical (unpaired) electrons. The van der Waals surface area contributed by atoms with E-state index in [1.54, 1.807) is 19.3 Å². The second-order valence-corrected chi connectivity index (χ2v) is 8.42. The third kappa shape index (κ3) is 4.71. The van der Waals surface area contributed by atoms with Gasteiger partial charge in [0, 0.05) is 29.9 Å². The zero-order valence-corrected chi connectivity index (χ0v) is 18.9. The topological polar surface area (TPSA) is 99.0 Å². The highest BCUT2D eigenvalue weighted by Gasteiger charge is 2.23. The molecule has 0 saturated carbocycles. The van der Waals surface area contributed by atoms with Crippen LogP contribution in [0.1, 0.15) is 34.6 Å². The van der Waals surface area contributed by atoms with E-state index in [-0.39, 0.29) is 18.3 Å². The van der Waals surface area contributed by atoms with Crippen LogP contribution in [0.2, 0.25) is 0 Å². The van der Waals surface area contributed by atoms with Crippen molar-refractivity contribution in [1.29, 1.82) is 0 Å². The summed E-state index contributed by atoms with van der Waals surface area (Å²) in [5.41, 5.74) is 2.15.